The lowest BCUT2D eigenvalue weighted by Gasteiger charge is -2.36. The van der Waals surface area contributed by atoms with E-state index in [0.29, 0.717) is 23.8 Å². The molecule has 0 aliphatic carbocycles. The Morgan fingerprint density at radius 2 is 1.97 bits per heavy atom. The molecule has 7 nitrogen and oxygen atoms in total. The lowest BCUT2D eigenvalue weighted by molar-refractivity contribution is 0.0907. The van der Waals surface area contributed by atoms with Gasteiger partial charge in [0.25, 0.3) is 11.5 Å². The first-order valence-corrected chi connectivity index (χ1v) is 10.4. The molecular formula is C23H27N5O2. The predicted molar refractivity (Wildman–Crippen MR) is 116 cm³/mol. The molecule has 1 unspecified atom stereocenters. The largest absolute Gasteiger partial charge is 0.350 e. The molecule has 1 saturated heterocycles. The van der Waals surface area contributed by atoms with Crippen molar-refractivity contribution in [2.24, 2.45) is 7.05 Å². The summed E-state index contributed by atoms with van der Waals surface area (Å²) in [6, 6.07) is 13.8. The zero-order valence-corrected chi connectivity index (χ0v) is 17.2. The Morgan fingerprint density at radius 3 is 2.73 bits per heavy atom. The van der Waals surface area contributed by atoms with E-state index in [-0.39, 0.29) is 11.5 Å². The van der Waals surface area contributed by atoms with E-state index < -0.39 is 0 Å². The van der Waals surface area contributed by atoms with Crippen LogP contribution >= 0.6 is 0 Å². The Hall–Kier alpha value is -3.19. The second kappa shape index (κ2) is 9.09. The van der Waals surface area contributed by atoms with E-state index in [2.05, 4.69) is 39.6 Å². The number of pyridine rings is 1. The highest BCUT2D eigenvalue weighted by molar-refractivity contribution is 5.93. The van der Waals surface area contributed by atoms with Gasteiger partial charge in [-0.2, -0.15) is 5.10 Å². The lowest BCUT2D eigenvalue weighted by Crippen LogP contribution is -2.46. The molecule has 7 heteroatoms. The number of hydrogen-bond donors (Lipinski definition) is 1. The third-order valence-corrected chi connectivity index (χ3v) is 5.62. The fraction of sp³-hybridized carbons (Fsp3) is 0.348. The van der Waals surface area contributed by atoms with Crippen LogP contribution in [0, 0.1) is 0 Å². The maximum absolute atomic E-state index is 12.8. The third kappa shape index (κ3) is 4.68. The van der Waals surface area contributed by atoms with Gasteiger partial charge < -0.3 is 5.32 Å². The summed E-state index contributed by atoms with van der Waals surface area (Å²) in [5.74, 6) is -0.169. The standard InChI is InChI=1S/C23H27N5O2/c1-26-17-21(14-25-26)28-16-19(10-11-22(28)29)23(30)24-13-20-9-5-6-12-27(20)15-18-7-3-2-4-8-18/h2-4,7-8,10-11,14,16-17,20H,5-6,9,12-13,15H2,1H3,(H,24,30). The number of carbonyl (C=O) groups excluding carboxylic acids is 1. The molecule has 2 aromatic heterocycles. The molecular weight excluding hydrogens is 378 g/mol. The van der Waals surface area contributed by atoms with E-state index in [0.717, 1.165) is 19.5 Å². The summed E-state index contributed by atoms with van der Waals surface area (Å²) < 4.78 is 3.07. The van der Waals surface area contributed by atoms with E-state index in [4.69, 9.17) is 0 Å². The van der Waals surface area contributed by atoms with Gasteiger partial charge in [-0.3, -0.25) is 23.7 Å². The number of hydrogen-bond acceptors (Lipinski definition) is 4. The predicted octanol–water partition coefficient (Wildman–Crippen LogP) is 2.36. The minimum Gasteiger partial charge on any atom is -0.350 e. The van der Waals surface area contributed by atoms with E-state index in [1.807, 2.05) is 6.07 Å². The van der Waals surface area contributed by atoms with Crippen LogP contribution in [0.4, 0.5) is 0 Å². The first kappa shape index (κ1) is 20.1. The maximum Gasteiger partial charge on any atom is 0.255 e. The van der Waals surface area contributed by atoms with E-state index in [1.165, 1.54) is 29.0 Å². The van der Waals surface area contributed by atoms with Crippen molar-refractivity contribution in [3.05, 3.63) is 82.5 Å². The zero-order valence-electron chi connectivity index (χ0n) is 17.2. The number of benzene rings is 1. The number of carbonyl (C=O) groups is 1. The van der Waals surface area contributed by atoms with Gasteiger partial charge in [-0.1, -0.05) is 36.8 Å². The fourth-order valence-electron chi connectivity index (χ4n) is 3.99. The molecule has 1 fully saturated rings. The number of aromatic nitrogens is 3. The number of amides is 1. The summed E-state index contributed by atoms with van der Waals surface area (Å²) in [5, 5.41) is 7.17. The van der Waals surface area contributed by atoms with E-state index in [1.54, 1.807) is 36.4 Å². The molecule has 3 aromatic rings. The monoisotopic (exact) mass is 405 g/mol. The summed E-state index contributed by atoms with van der Waals surface area (Å²) in [5.41, 5.74) is 2.20. The molecule has 1 aromatic carbocycles. The van der Waals surface area contributed by atoms with E-state index >= 15 is 0 Å². The van der Waals surface area contributed by atoms with Gasteiger partial charge in [0, 0.05) is 44.6 Å². The lowest BCUT2D eigenvalue weighted by atomic mass is 10.0. The normalized spacial score (nSPS) is 17.0. The quantitative estimate of drug-likeness (QED) is 0.683. The number of likely N-dealkylation sites (tertiary alicyclic amines) is 1. The Bertz CT molecular complexity index is 1060. The average molecular weight is 406 g/mol. The first-order chi connectivity index (χ1) is 14.6. The van der Waals surface area contributed by atoms with Gasteiger partial charge in [0.05, 0.1) is 17.4 Å². The molecule has 1 atom stereocenters. The number of nitrogens with zero attached hydrogens (tertiary/aromatic N) is 4. The SMILES string of the molecule is Cn1cc(-n2cc(C(=O)NCC3CCCCN3Cc3ccccc3)ccc2=O)cn1. The van der Waals surface area contributed by atoms with Crippen LogP contribution in [-0.2, 0) is 13.6 Å². The van der Waals surface area contributed by atoms with Crippen LogP contribution < -0.4 is 10.9 Å². The third-order valence-electron chi connectivity index (χ3n) is 5.62. The molecule has 0 bridgehead atoms. The highest BCUT2D eigenvalue weighted by Crippen LogP contribution is 2.19. The average Bonchev–Trinajstić information content (AvgIpc) is 3.20. The van der Waals surface area contributed by atoms with Crippen molar-refractivity contribution < 1.29 is 4.79 Å². The van der Waals surface area contributed by atoms with Gasteiger partial charge in [-0.25, -0.2) is 0 Å². The van der Waals surface area contributed by atoms with Crippen molar-refractivity contribution in [1.29, 1.82) is 0 Å². The molecule has 156 valence electrons. The topological polar surface area (TPSA) is 72.2 Å². The zero-order chi connectivity index (χ0) is 20.9. The van der Waals surface area contributed by atoms with Crippen molar-refractivity contribution in [2.45, 2.75) is 31.8 Å². The minimum atomic E-state index is -0.194. The van der Waals surface area contributed by atoms with Crippen molar-refractivity contribution in [1.82, 2.24) is 24.6 Å². The van der Waals surface area contributed by atoms with Crippen molar-refractivity contribution >= 4 is 5.91 Å². The molecule has 1 aliphatic heterocycles. The van der Waals surface area contributed by atoms with Crippen LogP contribution in [0.3, 0.4) is 0 Å². The smallest absolute Gasteiger partial charge is 0.255 e. The Balaban J connectivity index is 1.43. The number of aryl methyl sites for hydroxylation is 1. The van der Waals surface area contributed by atoms with Gasteiger partial charge >= 0.3 is 0 Å². The van der Waals surface area contributed by atoms with Crippen molar-refractivity contribution in [3.63, 3.8) is 0 Å². The Labute approximate surface area is 175 Å². The van der Waals surface area contributed by atoms with Gasteiger partial charge in [-0.05, 0) is 31.0 Å². The van der Waals surface area contributed by atoms with Gasteiger partial charge in [0.2, 0.25) is 0 Å². The van der Waals surface area contributed by atoms with Crippen LogP contribution in [0.1, 0.15) is 35.2 Å². The van der Waals surface area contributed by atoms with Crippen LogP contribution in [0.2, 0.25) is 0 Å². The Kier molecular flexibility index (Phi) is 6.09. The van der Waals surface area contributed by atoms with Crippen molar-refractivity contribution in [3.8, 4) is 5.69 Å². The van der Waals surface area contributed by atoms with Crippen LogP contribution in [0.25, 0.3) is 5.69 Å². The second-order valence-corrected chi connectivity index (χ2v) is 7.81. The minimum absolute atomic E-state index is 0.169. The molecule has 1 N–H and O–H groups in total. The highest BCUT2D eigenvalue weighted by Gasteiger charge is 2.23. The Morgan fingerprint density at radius 1 is 1.13 bits per heavy atom. The fourth-order valence-corrected chi connectivity index (χ4v) is 3.99. The molecule has 4 rings (SSSR count). The molecule has 3 heterocycles. The van der Waals surface area contributed by atoms with Crippen LogP contribution in [0.15, 0.2) is 65.8 Å². The van der Waals surface area contributed by atoms with E-state index in [9.17, 15) is 9.59 Å². The first-order valence-electron chi connectivity index (χ1n) is 10.4. The molecule has 0 radical (unpaired) electrons. The van der Waals surface area contributed by atoms with Crippen LogP contribution in [0.5, 0.6) is 0 Å². The number of piperidine rings is 1. The van der Waals surface area contributed by atoms with Crippen molar-refractivity contribution in [2.75, 3.05) is 13.1 Å². The van der Waals surface area contributed by atoms with Gasteiger partial charge in [0.1, 0.15) is 0 Å². The number of nitrogens with one attached hydrogen (secondary N) is 1. The molecule has 30 heavy (non-hydrogen) atoms. The molecule has 1 aliphatic rings. The van der Waals surface area contributed by atoms with Gasteiger partial charge in [-0.15, -0.1) is 0 Å². The maximum atomic E-state index is 12.8. The highest BCUT2D eigenvalue weighted by atomic mass is 16.2. The summed E-state index contributed by atoms with van der Waals surface area (Å²) in [7, 11) is 1.79. The summed E-state index contributed by atoms with van der Waals surface area (Å²) in [6.45, 7) is 2.53. The summed E-state index contributed by atoms with van der Waals surface area (Å²) in [4.78, 5) is 27.5. The molecule has 1 amide bonds. The molecule has 0 saturated carbocycles. The molecule has 0 spiro atoms. The summed E-state index contributed by atoms with van der Waals surface area (Å²) >= 11 is 0. The number of rotatable bonds is 6. The summed E-state index contributed by atoms with van der Waals surface area (Å²) in [6.07, 6.45) is 8.36. The van der Waals surface area contributed by atoms with Gasteiger partial charge in [0.15, 0.2) is 0 Å². The van der Waals surface area contributed by atoms with Crippen LogP contribution in [-0.4, -0.2) is 44.3 Å². The second-order valence-electron chi connectivity index (χ2n) is 7.81.